The largest absolute Gasteiger partial charge is 0.362 e. The van der Waals surface area contributed by atoms with Crippen LogP contribution >= 0.6 is 11.8 Å². The maximum atomic E-state index is 14.5. The molecular formula is C25H35F2N5O3S. The summed E-state index contributed by atoms with van der Waals surface area (Å²) in [5.41, 5.74) is 1.81. The zero-order valence-electron chi connectivity index (χ0n) is 21.1. The summed E-state index contributed by atoms with van der Waals surface area (Å²) in [6, 6.07) is 3.82. The average molecular weight is 524 g/mol. The fourth-order valence-electron chi connectivity index (χ4n) is 6.35. The molecule has 6 rings (SSSR count). The van der Waals surface area contributed by atoms with Crippen molar-refractivity contribution in [1.29, 1.82) is 0 Å². The van der Waals surface area contributed by atoms with Crippen LogP contribution in [0.4, 0.5) is 8.78 Å². The van der Waals surface area contributed by atoms with Crippen molar-refractivity contribution in [2.75, 3.05) is 39.0 Å². The highest BCUT2D eigenvalue weighted by molar-refractivity contribution is 7.98. The third-order valence-electron chi connectivity index (χ3n) is 7.98. The van der Waals surface area contributed by atoms with E-state index in [2.05, 4.69) is 19.9 Å². The molecule has 6 heterocycles. The smallest absolute Gasteiger partial charge is 0.250 e. The van der Waals surface area contributed by atoms with E-state index in [4.69, 9.17) is 14.2 Å². The van der Waals surface area contributed by atoms with E-state index < -0.39 is 11.7 Å². The first-order valence-electron chi connectivity index (χ1n) is 12.9. The van der Waals surface area contributed by atoms with E-state index in [-0.39, 0.29) is 43.3 Å². The number of alkyl halides is 2. The van der Waals surface area contributed by atoms with E-state index in [0.29, 0.717) is 19.6 Å². The first-order valence-corrected chi connectivity index (χ1v) is 14.2. The Hall–Kier alpha value is -1.37. The number of halogens is 2. The Bertz CT molecular complexity index is 1090. The highest BCUT2D eigenvalue weighted by Gasteiger charge is 2.57. The highest BCUT2D eigenvalue weighted by atomic mass is 32.2. The zero-order chi connectivity index (χ0) is 25.1. The average Bonchev–Trinajstić information content (AvgIpc) is 3.60. The minimum Gasteiger partial charge on any atom is -0.362 e. The molecular weight excluding hydrogens is 488 g/mol. The van der Waals surface area contributed by atoms with Crippen molar-refractivity contribution in [3.63, 3.8) is 0 Å². The molecule has 5 atom stereocenters. The van der Waals surface area contributed by atoms with Gasteiger partial charge in [-0.05, 0) is 58.2 Å². The molecule has 0 N–H and O–H groups in total. The van der Waals surface area contributed by atoms with Gasteiger partial charge in [0.15, 0.2) is 5.79 Å². The van der Waals surface area contributed by atoms with Crippen LogP contribution in [-0.2, 0) is 14.2 Å². The molecule has 0 amide bonds. The molecule has 11 heteroatoms. The maximum Gasteiger partial charge on any atom is 0.250 e. The molecule has 0 unspecified atom stereocenters. The third-order valence-corrected chi connectivity index (χ3v) is 8.68. The number of aromatic nitrogens is 3. The minimum absolute atomic E-state index is 0.103. The van der Waals surface area contributed by atoms with Gasteiger partial charge in [0.05, 0.1) is 11.2 Å². The van der Waals surface area contributed by atoms with Gasteiger partial charge in [-0.25, -0.2) is 18.3 Å². The number of likely N-dealkylation sites (tertiary alicyclic amines) is 2. The molecule has 36 heavy (non-hydrogen) atoms. The number of fused-ring (bicyclic) bond motifs is 2. The van der Waals surface area contributed by atoms with Crippen molar-refractivity contribution in [1.82, 2.24) is 24.4 Å². The van der Waals surface area contributed by atoms with E-state index >= 15 is 0 Å². The molecule has 4 fully saturated rings. The molecule has 0 bridgehead atoms. The summed E-state index contributed by atoms with van der Waals surface area (Å²) in [5.74, 6) is -3.36. The van der Waals surface area contributed by atoms with Gasteiger partial charge in [-0.15, -0.1) is 11.8 Å². The molecule has 0 radical (unpaired) electrons. The maximum absolute atomic E-state index is 14.5. The standard InChI is InChI=1S/C25H35F2N5O3S/c1-24(2)34-21-19(14-31-11-8-25(26,27)12-16(31)13-30-9-4-5-10-30)33-20(22(21)35-24)17-6-7-18-23(36-3)28-15-29-32(17)18/h6-7,15-16,19-22H,4-5,8-14H2,1-3H3/t16-,19+,20-,21+,22-/m0/s1. The second-order valence-electron chi connectivity index (χ2n) is 11.0. The third kappa shape index (κ3) is 4.67. The molecule has 0 aromatic carbocycles. The van der Waals surface area contributed by atoms with Gasteiger partial charge >= 0.3 is 0 Å². The summed E-state index contributed by atoms with van der Waals surface area (Å²) in [5, 5.41) is 5.38. The van der Waals surface area contributed by atoms with Crippen molar-refractivity contribution in [3.05, 3.63) is 24.2 Å². The second-order valence-corrected chi connectivity index (χ2v) is 11.7. The van der Waals surface area contributed by atoms with Crippen LogP contribution in [0, 0.1) is 0 Å². The Kier molecular flexibility index (Phi) is 6.53. The predicted molar refractivity (Wildman–Crippen MR) is 131 cm³/mol. The fraction of sp³-hybridized carbons (Fsp3) is 0.760. The quantitative estimate of drug-likeness (QED) is 0.533. The number of hydrogen-bond donors (Lipinski definition) is 0. The van der Waals surface area contributed by atoms with Gasteiger partial charge in [0.2, 0.25) is 0 Å². The fourth-order valence-corrected chi connectivity index (χ4v) is 6.87. The summed E-state index contributed by atoms with van der Waals surface area (Å²) in [7, 11) is 0. The molecule has 0 saturated carbocycles. The van der Waals surface area contributed by atoms with Crippen LogP contribution in [-0.4, -0.2) is 99.4 Å². The van der Waals surface area contributed by atoms with Crippen LogP contribution in [0.15, 0.2) is 23.5 Å². The first kappa shape index (κ1) is 24.9. The van der Waals surface area contributed by atoms with E-state index in [0.717, 1.165) is 42.2 Å². The lowest BCUT2D eigenvalue weighted by atomic mass is 9.96. The van der Waals surface area contributed by atoms with E-state index in [9.17, 15) is 8.78 Å². The SMILES string of the molecule is CSc1ncnn2c([C@@H]3O[C@H](CN4CCC(F)(F)C[C@H]4CN4CCCC4)[C@H]4OC(C)(C)O[C@H]43)ccc12. The van der Waals surface area contributed by atoms with E-state index in [1.165, 1.54) is 0 Å². The van der Waals surface area contributed by atoms with Crippen LogP contribution in [0.5, 0.6) is 0 Å². The Balaban J connectivity index is 1.26. The van der Waals surface area contributed by atoms with Crippen molar-refractivity contribution >= 4 is 17.3 Å². The summed E-state index contributed by atoms with van der Waals surface area (Å²) in [4.78, 5) is 8.91. The van der Waals surface area contributed by atoms with Crippen LogP contribution in [0.1, 0.15) is 51.3 Å². The van der Waals surface area contributed by atoms with Crippen LogP contribution in [0.3, 0.4) is 0 Å². The first-order chi connectivity index (χ1) is 17.2. The molecule has 4 aliphatic heterocycles. The molecule has 4 aliphatic rings. The van der Waals surface area contributed by atoms with Gasteiger partial charge in [0.25, 0.3) is 5.92 Å². The monoisotopic (exact) mass is 523 g/mol. The number of thioether (sulfide) groups is 1. The van der Waals surface area contributed by atoms with Crippen LogP contribution in [0.25, 0.3) is 5.52 Å². The number of piperidine rings is 1. The zero-order valence-corrected chi connectivity index (χ0v) is 21.9. The lowest BCUT2D eigenvalue weighted by molar-refractivity contribution is -0.192. The molecule has 4 saturated heterocycles. The summed E-state index contributed by atoms with van der Waals surface area (Å²) in [6.07, 6.45) is 4.36. The van der Waals surface area contributed by atoms with Crippen molar-refractivity contribution in [2.24, 2.45) is 0 Å². The number of rotatable bonds is 6. The van der Waals surface area contributed by atoms with E-state index in [1.807, 2.05) is 36.8 Å². The Morgan fingerprint density at radius 1 is 1.08 bits per heavy atom. The van der Waals surface area contributed by atoms with E-state index in [1.54, 1.807) is 18.1 Å². The molecule has 2 aromatic heterocycles. The molecule has 0 spiro atoms. The highest BCUT2D eigenvalue weighted by Crippen LogP contribution is 2.46. The molecule has 8 nitrogen and oxygen atoms in total. The number of ether oxygens (including phenoxy) is 3. The van der Waals surface area contributed by atoms with Gasteiger partial charge in [0, 0.05) is 38.5 Å². The molecule has 0 aliphatic carbocycles. The van der Waals surface area contributed by atoms with Gasteiger partial charge in [-0.3, -0.25) is 4.90 Å². The molecule has 198 valence electrons. The summed E-state index contributed by atoms with van der Waals surface area (Å²) < 4.78 is 50.1. The number of hydrogen-bond acceptors (Lipinski definition) is 8. The van der Waals surface area contributed by atoms with Gasteiger partial charge < -0.3 is 19.1 Å². The van der Waals surface area contributed by atoms with Gasteiger partial charge in [-0.1, -0.05) is 0 Å². The van der Waals surface area contributed by atoms with Gasteiger partial charge in [0.1, 0.15) is 35.8 Å². The van der Waals surface area contributed by atoms with Crippen LogP contribution < -0.4 is 0 Å². The van der Waals surface area contributed by atoms with Crippen molar-refractivity contribution in [2.45, 2.75) is 86.7 Å². The second kappa shape index (κ2) is 9.43. The normalized spacial score (nSPS) is 34.5. The summed E-state index contributed by atoms with van der Waals surface area (Å²) in [6.45, 7) is 7.41. The predicted octanol–water partition coefficient (Wildman–Crippen LogP) is 3.61. The van der Waals surface area contributed by atoms with Crippen molar-refractivity contribution < 1.29 is 23.0 Å². The Labute approximate surface area is 214 Å². The van der Waals surface area contributed by atoms with Crippen molar-refractivity contribution in [3.8, 4) is 0 Å². The summed E-state index contributed by atoms with van der Waals surface area (Å²) >= 11 is 1.57. The van der Waals surface area contributed by atoms with Crippen LogP contribution in [0.2, 0.25) is 0 Å². The lowest BCUT2D eigenvalue weighted by Crippen LogP contribution is -2.54. The Morgan fingerprint density at radius 3 is 2.64 bits per heavy atom. The molecule has 2 aromatic rings. The lowest BCUT2D eigenvalue weighted by Gasteiger charge is -2.42. The number of nitrogens with zero attached hydrogens (tertiary/aromatic N) is 5. The Morgan fingerprint density at radius 2 is 1.86 bits per heavy atom. The minimum atomic E-state index is -2.61. The topological polar surface area (TPSA) is 64.4 Å². The van der Waals surface area contributed by atoms with Gasteiger partial charge in [-0.2, -0.15) is 5.10 Å².